The van der Waals surface area contributed by atoms with Gasteiger partial charge in [-0.3, -0.25) is 4.98 Å². The zero-order chi connectivity index (χ0) is 12.9. The summed E-state index contributed by atoms with van der Waals surface area (Å²) in [5.41, 5.74) is 0. The van der Waals surface area contributed by atoms with Crippen LogP contribution in [-0.2, 0) is 0 Å². The molecule has 1 heterocycles. The van der Waals surface area contributed by atoms with E-state index in [0.29, 0.717) is 5.82 Å². The van der Waals surface area contributed by atoms with E-state index in [0.717, 1.165) is 4.90 Å². The number of hydrogen-bond donors (Lipinski definition) is 2. The maximum atomic E-state index is 12.3. The van der Waals surface area contributed by atoms with Crippen LogP contribution in [-0.4, -0.2) is 48.0 Å². The van der Waals surface area contributed by atoms with Gasteiger partial charge in [-0.15, -0.1) is 0 Å². The van der Waals surface area contributed by atoms with Gasteiger partial charge in [0, 0.05) is 13.6 Å². The van der Waals surface area contributed by atoms with Crippen LogP contribution in [0.4, 0.5) is 24.8 Å². The molecule has 1 aromatic rings. The zero-order valence-electron chi connectivity index (χ0n) is 9.20. The Morgan fingerprint density at radius 2 is 2.12 bits per heavy atom. The van der Waals surface area contributed by atoms with E-state index >= 15 is 0 Å². The number of aromatic nitrogens is 2. The molecule has 0 radical (unpaired) electrons. The first-order valence-corrected chi connectivity index (χ1v) is 4.88. The lowest BCUT2D eigenvalue weighted by Crippen LogP contribution is -2.37. The molecule has 17 heavy (non-hydrogen) atoms. The molecule has 0 fully saturated rings. The minimum atomic E-state index is -4.35. The Balaban J connectivity index is 2.88. The number of anilines is 2. The van der Waals surface area contributed by atoms with Crippen molar-refractivity contribution in [2.45, 2.75) is 6.18 Å². The van der Waals surface area contributed by atoms with Gasteiger partial charge in [-0.05, 0) is 0 Å². The average molecular weight is 250 g/mol. The van der Waals surface area contributed by atoms with Crippen molar-refractivity contribution in [1.29, 1.82) is 0 Å². The molecular weight excluding hydrogens is 237 g/mol. The standard InChI is InChI=1S/C9H13F3N4O/c1-13-7-4-14-5-8(15-7)16(2-3-17)6-9(10,11)12/h4-5,17H,2-3,6H2,1H3,(H,13,15). The first-order chi connectivity index (χ1) is 7.96. The first-order valence-electron chi connectivity index (χ1n) is 4.88. The number of aliphatic hydroxyl groups excluding tert-OH is 1. The Labute approximate surface area is 96.3 Å². The van der Waals surface area contributed by atoms with Crippen molar-refractivity contribution in [1.82, 2.24) is 9.97 Å². The fraction of sp³-hybridized carbons (Fsp3) is 0.556. The van der Waals surface area contributed by atoms with Gasteiger partial charge >= 0.3 is 6.18 Å². The second kappa shape index (κ2) is 5.67. The normalized spacial score (nSPS) is 11.4. The molecule has 0 aliphatic carbocycles. The van der Waals surface area contributed by atoms with Crippen molar-refractivity contribution in [3.05, 3.63) is 12.4 Å². The molecule has 96 valence electrons. The molecule has 0 aliphatic rings. The van der Waals surface area contributed by atoms with Gasteiger partial charge in [-0.2, -0.15) is 13.2 Å². The summed E-state index contributed by atoms with van der Waals surface area (Å²) in [5, 5.41) is 11.4. The third kappa shape index (κ3) is 4.43. The second-order valence-electron chi connectivity index (χ2n) is 3.27. The third-order valence-electron chi connectivity index (χ3n) is 1.94. The Bertz CT molecular complexity index is 358. The van der Waals surface area contributed by atoms with Gasteiger partial charge in [0.05, 0.1) is 19.0 Å². The highest BCUT2D eigenvalue weighted by atomic mass is 19.4. The van der Waals surface area contributed by atoms with Crippen LogP contribution in [0.5, 0.6) is 0 Å². The number of aliphatic hydroxyl groups is 1. The monoisotopic (exact) mass is 250 g/mol. The molecule has 0 bridgehead atoms. The smallest absolute Gasteiger partial charge is 0.395 e. The summed E-state index contributed by atoms with van der Waals surface area (Å²) in [6.45, 7) is -1.71. The van der Waals surface area contributed by atoms with E-state index in [9.17, 15) is 13.2 Å². The maximum absolute atomic E-state index is 12.3. The zero-order valence-corrected chi connectivity index (χ0v) is 9.20. The van der Waals surface area contributed by atoms with Gasteiger partial charge in [-0.25, -0.2) is 4.98 Å². The van der Waals surface area contributed by atoms with Gasteiger partial charge in [0.2, 0.25) is 0 Å². The molecule has 1 aromatic heterocycles. The van der Waals surface area contributed by atoms with E-state index in [1.54, 1.807) is 7.05 Å². The first kappa shape index (κ1) is 13.5. The lowest BCUT2D eigenvalue weighted by Gasteiger charge is -2.23. The average Bonchev–Trinajstić information content (AvgIpc) is 2.27. The highest BCUT2D eigenvalue weighted by Gasteiger charge is 2.31. The highest BCUT2D eigenvalue weighted by Crippen LogP contribution is 2.20. The predicted molar refractivity (Wildman–Crippen MR) is 56.9 cm³/mol. The number of nitrogens with one attached hydrogen (secondary N) is 1. The third-order valence-corrected chi connectivity index (χ3v) is 1.94. The van der Waals surface area contributed by atoms with E-state index in [1.165, 1.54) is 12.4 Å². The van der Waals surface area contributed by atoms with E-state index in [1.807, 2.05) is 0 Å². The number of alkyl halides is 3. The van der Waals surface area contributed by atoms with E-state index < -0.39 is 12.7 Å². The van der Waals surface area contributed by atoms with Crippen molar-refractivity contribution in [3.63, 3.8) is 0 Å². The summed E-state index contributed by atoms with van der Waals surface area (Å²) in [7, 11) is 1.59. The molecule has 0 aliphatic heterocycles. The lowest BCUT2D eigenvalue weighted by molar-refractivity contribution is -0.120. The fourth-order valence-corrected chi connectivity index (χ4v) is 1.24. The molecule has 0 saturated carbocycles. The van der Waals surface area contributed by atoms with Crippen molar-refractivity contribution >= 4 is 11.6 Å². The van der Waals surface area contributed by atoms with Crippen molar-refractivity contribution in [2.75, 3.05) is 37.0 Å². The molecule has 0 atom stereocenters. The van der Waals surface area contributed by atoms with Crippen molar-refractivity contribution in [3.8, 4) is 0 Å². The Morgan fingerprint density at radius 3 is 2.65 bits per heavy atom. The van der Waals surface area contributed by atoms with Crippen LogP contribution in [0.3, 0.4) is 0 Å². The Kier molecular flexibility index (Phi) is 4.50. The van der Waals surface area contributed by atoms with Crippen LogP contribution < -0.4 is 10.2 Å². The Hall–Kier alpha value is -1.57. The molecule has 0 amide bonds. The summed E-state index contributed by atoms with van der Waals surface area (Å²) in [6.07, 6.45) is -1.73. The maximum Gasteiger partial charge on any atom is 0.405 e. The second-order valence-corrected chi connectivity index (χ2v) is 3.27. The van der Waals surface area contributed by atoms with Crippen LogP contribution >= 0.6 is 0 Å². The summed E-state index contributed by atoms with van der Waals surface area (Å²) < 4.78 is 36.9. The number of hydrogen-bond acceptors (Lipinski definition) is 5. The summed E-state index contributed by atoms with van der Waals surface area (Å²) in [5.74, 6) is 0.441. The molecule has 5 nitrogen and oxygen atoms in total. The van der Waals surface area contributed by atoms with Crippen LogP contribution in [0.25, 0.3) is 0 Å². The highest BCUT2D eigenvalue weighted by molar-refractivity contribution is 5.43. The molecule has 0 saturated heterocycles. The van der Waals surface area contributed by atoms with Gasteiger partial charge in [0.15, 0.2) is 0 Å². The number of nitrogens with zero attached hydrogens (tertiary/aromatic N) is 3. The number of rotatable bonds is 5. The van der Waals surface area contributed by atoms with E-state index in [2.05, 4.69) is 15.3 Å². The molecule has 2 N–H and O–H groups in total. The fourth-order valence-electron chi connectivity index (χ4n) is 1.24. The minimum Gasteiger partial charge on any atom is -0.395 e. The van der Waals surface area contributed by atoms with Gasteiger partial charge in [0.1, 0.15) is 18.2 Å². The van der Waals surface area contributed by atoms with Crippen molar-refractivity contribution in [2.24, 2.45) is 0 Å². The minimum absolute atomic E-state index is 0.0724. The molecule has 0 unspecified atom stereocenters. The molecule has 0 spiro atoms. The topological polar surface area (TPSA) is 61.3 Å². The van der Waals surface area contributed by atoms with Crippen LogP contribution in [0.1, 0.15) is 0 Å². The van der Waals surface area contributed by atoms with Gasteiger partial charge in [0.25, 0.3) is 0 Å². The van der Waals surface area contributed by atoms with E-state index in [-0.39, 0.29) is 19.0 Å². The summed E-state index contributed by atoms with van der Waals surface area (Å²) in [4.78, 5) is 8.63. The SMILES string of the molecule is CNc1cncc(N(CCO)CC(F)(F)F)n1. The quantitative estimate of drug-likeness (QED) is 0.812. The Morgan fingerprint density at radius 1 is 1.41 bits per heavy atom. The lowest BCUT2D eigenvalue weighted by atomic mass is 10.4. The molecular formula is C9H13F3N4O. The van der Waals surface area contributed by atoms with Crippen LogP contribution in [0.15, 0.2) is 12.4 Å². The summed E-state index contributed by atoms with van der Waals surface area (Å²) >= 11 is 0. The number of halogens is 3. The van der Waals surface area contributed by atoms with Crippen LogP contribution in [0.2, 0.25) is 0 Å². The van der Waals surface area contributed by atoms with Crippen molar-refractivity contribution < 1.29 is 18.3 Å². The predicted octanol–water partition coefficient (Wildman–Crippen LogP) is 0.879. The van der Waals surface area contributed by atoms with Crippen LogP contribution in [0, 0.1) is 0 Å². The summed E-state index contributed by atoms with van der Waals surface area (Å²) in [6, 6.07) is 0. The largest absolute Gasteiger partial charge is 0.405 e. The molecule has 0 aromatic carbocycles. The molecule has 1 rings (SSSR count). The van der Waals surface area contributed by atoms with Gasteiger partial charge in [-0.1, -0.05) is 0 Å². The molecule has 8 heteroatoms. The van der Waals surface area contributed by atoms with E-state index in [4.69, 9.17) is 5.11 Å². The van der Waals surface area contributed by atoms with Gasteiger partial charge < -0.3 is 15.3 Å².